The van der Waals surface area contributed by atoms with Gasteiger partial charge in [-0.25, -0.2) is 4.79 Å². The SMILES string of the molecule is COC(=O)c1ccc2c(c1)c(C#N)cn2C. The minimum atomic E-state index is -0.394. The summed E-state index contributed by atoms with van der Waals surface area (Å²) in [6.45, 7) is 0. The lowest BCUT2D eigenvalue weighted by atomic mass is 10.1. The van der Waals surface area contributed by atoms with E-state index in [9.17, 15) is 4.79 Å². The van der Waals surface area contributed by atoms with Gasteiger partial charge in [-0.3, -0.25) is 0 Å². The summed E-state index contributed by atoms with van der Waals surface area (Å²) in [6.07, 6.45) is 1.74. The van der Waals surface area contributed by atoms with Gasteiger partial charge in [-0.05, 0) is 18.2 Å². The molecule has 1 heterocycles. The molecule has 16 heavy (non-hydrogen) atoms. The van der Waals surface area contributed by atoms with Crippen LogP contribution in [0.3, 0.4) is 0 Å². The lowest BCUT2D eigenvalue weighted by Crippen LogP contribution is -2.00. The Kier molecular flexibility index (Phi) is 2.37. The number of nitriles is 1. The van der Waals surface area contributed by atoms with Crippen LogP contribution in [0.15, 0.2) is 24.4 Å². The smallest absolute Gasteiger partial charge is 0.337 e. The van der Waals surface area contributed by atoms with Gasteiger partial charge in [0.05, 0.1) is 18.2 Å². The van der Waals surface area contributed by atoms with Gasteiger partial charge in [-0.1, -0.05) is 0 Å². The van der Waals surface area contributed by atoms with Gasteiger partial charge >= 0.3 is 5.97 Å². The van der Waals surface area contributed by atoms with Crippen LogP contribution in [0.25, 0.3) is 10.9 Å². The predicted octanol–water partition coefficient (Wildman–Crippen LogP) is 1.84. The lowest BCUT2D eigenvalue weighted by Gasteiger charge is -2.00. The highest BCUT2D eigenvalue weighted by molar-refractivity contribution is 5.96. The molecule has 2 rings (SSSR count). The molecule has 0 saturated carbocycles. The van der Waals surface area contributed by atoms with E-state index in [1.165, 1.54) is 7.11 Å². The molecule has 4 heteroatoms. The van der Waals surface area contributed by atoms with E-state index in [2.05, 4.69) is 10.8 Å². The van der Waals surface area contributed by atoms with E-state index in [0.29, 0.717) is 11.1 Å². The van der Waals surface area contributed by atoms with E-state index in [0.717, 1.165) is 10.9 Å². The molecule has 0 aliphatic rings. The largest absolute Gasteiger partial charge is 0.465 e. The van der Waals surface area contributed by atoms with E-state index in [1.807, 2.05) is 17.7 Å². The Hall–Kier alpha value is -2.28. The van der Waals surface area contributed by atoms with Crippen LogP contribution in [-0.2, 0) is 11.8 Å². The second-order valence-electron chi connectivity index (χ2n) is 3.49. The first-order valence-corrected chi connectivity index (χ1v) is 4.75. The van der Waals surface area contributed by atoms with Gasteiger partial charge in [0, 0.05) is 24.1 Å². The quantitative estimate of drug-likeness (QED) is 0.680. The molecule has 80 valence electrons. The number of hydrogen-bond donors (Lipinski definition) is 0. The summed E-state index contributed by atoms with van der Waals surface area (Å²) >= 11 is 0. The number of carbonyl (C=O) groups excluding carboxylic acids is 1. The van der Waals surface area contributed by atoms with Gasteiger partial charge in [-0.2, -0.15) is 5.26 Å². The molecule has 0 amide bonds. The summed E-state index contributed by atoms with van der Waals surface area (Å²) < 4.78 is 6.49. The Morgan fingerprint density at radius 1 is 1.50 bits per heavy atom. The summed E-state index contributed by atoms with van der Waals surface area (Å²) in [4.78, 5) is 11.4. The number of nitrogens with zero attached hydrogens (tertiary/aromatic N) is 2. The topological polar surface area (TPSA) is 55.0 Å². The van der Waals surface area contributed by atoms with Crippen molar-refractivity contribution >= 4 is 16.9 Å². The normalized spacial score (nSPS) is 10.1. The zero-order valence-corrected chi connectivity index (χ0v) is 9.02. The van der Waals surface area contributed by atoms with Crippen molar-refractivity contribution in [1.29, 1.82) is 5.26 Å². The summed E-state index contributed by atoms with van der Waals surface area (Å²) in [6, 6.07) is 7.28. The fourth-order valence-electron chi connectivity index (χ4n) is 1.73. The van der Waals surface area contributed by atoms with Gasteiger partial charge in [-0.15, -0.1) is 0 Å². The third-order valence-corrected chi connectivity index (χ3v) is 2.53. The molecule has 0 atom stereocenters. The lowest BCUT2D eigenvalue weighted by molar-refractivity contribution is 0.0601. The molecule has 0 fully saturated rings. The zero-order chi connectivity index (χ0) is 11.7. The zero-order valence-electron chi connectivity index (χ0n) is 9.02. The van der Waals surface area contributed by atoms with Crippen LogP contribution in [0.4, 0.5) is 0 Å². The first-order valence-electron chi connectivity index (χ1n) is 4.75. The summed E-state index contributed by atoms with van der Waals surface area (Å²) in [5.74, 6) is -0.394. The molecule has 2 aromatic rings. The predicted molar refractivity (Wildman–Crippen MR) is 59.0 cm³/mol. The maximum Gasteiger partial charge on any atom is 0.337 e. The van der Waals surface area contributed by atoms with Crippen molar-refractivity contribution in [1.82, 2.24) is 4.57 Å². The molecular formula is C12H10N2O2. The molecule has 0 aliphatic carbocycles. The fraction of sp³-hybridized carbons (Fsp3) is 0.167. The molecular weight excluding hydrogens is 204 g/mol. The summed E-state index contributed by atoms with van der Waals surface area (Å²) in [5.41, 5.74) is 1.94. The Balaban J connectivity index is 2.70. The third kappa shape index (κ3) is 1.43. The molecule has 0 saturated heterocycles. The Labute approximate surface area is 92.7 Å². The second kappa shape index (κ2) is 3.70. The van der Waals surface area contributed by atoms with Crippen molar-refractivity contribution in [3.8, 4) is 6.07 Å². The van der Waals surface area contributed by atoms with Crippen LogP contribution in [0.5, 0.6) is 0 Å². The van der Waals surface area contributed by atoms with Crippen LogP contribution in [0.1, 0.15) is 15.9 Å². The molecule has 0 N–H and O–H groups in total. The number of benzene rings is 1. The highest BCUT2D eigenvalue weighted by Crippen LogP contribution is 2.21. The number of esters is 1. The van der Waals surface area contributed by atoms with Crippen molar-refractivity contribution < 1.29 is 9.53 Å². The molecule has 0 radical (unpaired) electrons. The number of carbonyl (C=O) groups is 1. The molecule has 1 aromatic carbocycles. The Morgan fingerprint density at radius 3 is 2.88 bits per heavy atom. The average Bonchev–Trinajstić information content (AvgIpc) is 2.64. The van der Waals surface area contributed by atoms with Crippen LogP contribution in [0, 0.1) is 11.3 Å². The van der Waals surface area contributed by atoms with E-state index in [1.54, 1.807) is 18.3 Å². The Bertz CT molecular complexity index is 605. The first kappa shape index (κ1) is 10.2. The molecule has 4 nitrogen and oxygen atoms in total. The molecule has 0 aliphatic heterocycles. The Morgan fingerprint density at radius 2 is 2.25 bits per heavy atom. The van der Waals surface area contributed by atoms with E-state index < -0.39 is 5.97 Å². The second-order valence-corrected chi connectivity index (χ2v) is 3.49. The monoisotopic (exact) mass is 214 g/mol. The number of fused-ring (bicyclic) bond motifs is 1. The average molecular weight is 214 g/mol. The van der Waals surface area contributed by atoms with Crippen molar-refractivity contribution in [2.75, 3.05) is 7.11 Å². The molecule has 1 aromatic heterocycles. The van der Waals surface area contributed by atoms with Gasteiger partial charge in [0.15, 0.2) is 0 Å². The number of aryl methyl sites for hydroxylation is 1. The van der Waals surface area contributed by atoms with E-state index >= 15 is 0 Å². The van der Waals surface area contributed by atoms with Crippen molar-refractivity contribution in [3.05, 3.63) is 35.5 Å². The van der Waals surface area contributed by atoms with Gasteiger partial charge < -0.3 is 9.30 Å². The van der Waals surface area contributed by atoms with Crippen molar-refractivity contribution in [3.63, 3.8) is 0 Å². The minimum Gasteiger partial charge on any atom is -0.465 e. The summed E-state index contributed by atoms with van der Waals surface area (Å²) in [5, 5.41) is 9.73. The number of methoxy groups -OCH3 is 1. The fourth-order valence-corrected chi connectivity index (χ4v) is 1.73. The van der Waals surface area contributed by atoms with Crippen molar-refractivity contribution in [2.45, 2.75) is 0 Å². The number of ether oxygens (including phenoxy) is 1. The highest BCUT2D eigenvalue weighted by Gasteiger charge is 2.10. The van der Waals surface area contributed by atoms with Gasteiger partial charge in [0.25, 0.3) is 0 Å². The maximum absolute atomic E-state index is 11.4. The van der Waals surface area contributed by atoms with Gasteiger partial charge in [0.1, 0.15) is 6.07 Å². The van der Waals surface area contributed by atoms with Crippen LogP contribution >= 0.6 is 0 Å². The van der Waals surface area contributed by atoms with Crippen LogP contribution in [-0.4, -0.2) is 17.6 Å². The molecule has 0 unspecified atom stereocenters. The number of rotatable bonds is 1. The van der Waals surface area contributed by atoms with Crippen LogP contribution < -0.4 is 0 Å². The highest BCUT2D eigenvalue weighted by atomic mass is 16.5. The van der Waals surface area contributed by atoms with E-state index in [4.69, 9.17) is 5.26 Å². The van der Waals surface area contributed by atoms with Gasteiger partial charge in [0.2, 0.25) is 0 Å². The van der Waals surface area contributed by atoms with E-state index in [-0.39, 0.29) is 0 Å². The number of hydrogen-bond acceptors (Lipinski definition) is 3. The molecule has 0 bridgehead atoms. The van der Waals surface area contributed by atoms with Crippen molar-refractivity contribution in [2.24, 2.45) is 7.05 Å². The molecule has 0 spiro atoms. The minimum absolute atomic E-state index is 0.394. The number of aromatic nitrogens is 1. The van der Waals surface area contributed by atoms with Crippen LogP contribution in [0.2, 0.25) is 0 Å². The standard InChI is InChI=1S/C12H10N2O2/c1-14-7-9(6-13)10-5-8(12(15)16-2)3-4-11(10)14/h3-5,7H,1-2H3. The maximum atomic E-state index is 11.4. The first-order chi connectivity index (χ1) is 7.67. The summed E-state index contributed by atoms with van der Waals surface area (Å²) in [7, 11) is 3.20. The third-order valence-electron chi connectivity index (χ3n) is 2.53.